The summed E-state index contributed by atoms with van der Waals surface area (Å²) in [5.41, 5.74) is 3.11. The van der Waals surface area contributed by atoms with Crippen LogP contribution in [0.15, 0.2) is 48.8 Å². The van der Waals surface area contributed by atoms with Crippen molar-refractivity contribution in [1.82, 2.24) is 19.7 Å². The van der Waals surface area contributed by atoms with Gasteiger partial charge in [-0.3, -0.25) is 4.98 Å². The summed E-state index contributed by atoms with van der Waals surface area (Å²) in [6.45, 7) is 0. The number of para-hydroxylation sites is 1. The summed E-state index contributed by atoms with van der Waals surface area (Å²) >= 11 is 0. The van der Waals surface area contributed by atoms with Crippen molar-refractivity contribution in [3.63, 3.8) is 0 Å². The number of pyridine rings is 1. The van der Waals surface area contributed by atoms with Gasteiger partial charge in [0.05, 0.1) is 0 Å². The summed E-state index contributed by atoms with van der Waals surface area (Å²) in [5.74, 6) is 1.71. The SMILES string of the molecule is c1cncc(-c2nc3n(n2)C2(CCCC2)Nc2ccccc2-3)c1. The third-order valence-electron chi connectivity index (χ3n) is 4.90. The molecule has 1 aromatic carbocycles. The molecule has 0 bridgehead atoms. The quantitative estimate of drug-likeness (QED) is 0.745. The van der Waals surface area contributed by atoms with E-state index in [9.17, 15) is 0 Å². The second kappa shape index (κ2) is 4.65. The largest absolute Gasteiger partial charge is 0.361 e. The van der Waals surface area contributed by atoms with Gasteiger partial charge in [-0.05, 0) is 49.9 Å². The van der Waals surface area contributed by atoms with E-state index in [4.69, 9.17) is 10.1 Å². The molecule has 1 saturated carbocycles. The van der Waals surface area contributed by atoms with Crippen molar-refractivity contribution in [2.75, 3.05) is 5.32 Å². The van der Waals surface area contributed by atoms with Crippen LogP contribution >= 0.6 is 0 Å². The van der Waals surface area contributed by atoms with Crippen molar-refractivity contribution in [3.8, 4) is 22.8 Å². The van der Waals surface area contributed by atoms with Crippen molar-refractivity contribution >= 4 is 5.69 Å². The fourth-order valence-corrected chi connectivity index (χ4v) is 3.79. The Kier molecular flexibility index (Phi) is 2.59. The second-order valence-electron chi connectivity index (χ2n) is 6.32. The number of benzene rings is 1. The van der Waals surface area contributed by atoms with Crippen LogP contribution in [0.25, 0.3) is 22.8 Å². The highest BCUT2D eigenvalue weighted by Crippen LogP contribution is 2.45. The van der Waals surface area contributed by atoms with E-state index in [1.54, 1.807) is 6.20 Å². The summed E-state index contributed by atoms with van der Waals surface area (Å²) in [5, 5.41) is 8.60. The van der Waals surface area contributed by atoms with E-state index in [2.05, 4.69) is 39.2 Å². The van der Waals surface area contributed by atoms with E-state index in [1.165, 1.54) is 12.8 Å². The molecule has 5 heteroatoms. The van der Waals surface area contributed by atoms with Crippen molar-refractivity contribution in [2.45, 2.75) is 31.3 Å². The Morgan fingerprint density at radius 1 is 1.04 bits per heavy atom. The van der Waals surface area contributed by atoms with Crippen LogP contribution in [-0.4, -0.2) is 19.7 Å². The third kappa shape index (κ3) is 1.82. The number of hydrogen-bond donors (Lipinski definition) is 1. The normalized spacial score (nSPS) is 17.6. The first-order chi connectivity index (χ1) is 11.4. The van der Waals surface area contributed by atoms with E-state index in [0.717, 1.165) is 41.3 Å². The zero-order valence-electron chi connectivity index (χ0n) is 12.7. The summed E-state index contributed by atoms with van der Waals surface area (Å²) < 4.78 is 2.12. The molecule has 0 atom stereocenters. The maximum Gasteiger partial charge on any atom is 0.183 e. The number of aromatic nitrogens is 4. The van der Waals surface area contributed by atoms with Crippen LogP contribution in [0.5, 0.6) is 0 Å². The Hall–Kier alpha value is -2.69. The molecule has 23 heavy (non-hydrogen) atoms. The fourth-order valence-electron chi connectivity index (χ4n) is 3.79. The smallest absolute Gasteiger partial charge is 0.183 e. The molecule has 0 radical (unpaired) electrons. The third-order valence-corrected chi connectivity index (χ3v) is 4.90. The Morgan fingerprint density at radius 3 is 2.74 bits per heavy atom. The molecule has 5 nitrogen and oxygen atoms in total. The first-order valence-electron chi connectivity index (χ1n) is 8.11. The zero-order chi connectivity index (χ0) is 15.3. The molecule has 2 aromatic heterocycles. The lowest BCUT2D eigenvalue weighted by molar-refractivity contribution is 0.309. The van der Waals surface area contributed by atoms with Gasteiger partial charge in [0.25, 0.3) is 0 Å². The number of rotatable bonds is 1. The predicted octanol–water partition coefficient (Wildman–Crippen LogP) is 3.66. The van der Waals surface area contributed by atoms with Crippen molar-refractivity contribution in [1.29, 1.82) is 0 Å². The molecule has 1 spiro atoms. The minimum absolute atomic E-state index is 0.128. The van der Waals surface area contributed by atoms with Gasteiger partial charge in [-0.15, -0.1) is 5.10 Å². The van der Waals surface area contributed by atoms with E-state index < -0.39 is 0 Å². The van der Waals surface area contributed by atoms with Gasteiger partial charge in [0.2, 0.25) is 0 Å². The maximum absolute atomic E-state index is 4.86. The number of fused-ring (bicyclic) bond motifs is 4. The van der Waals surface area contributed by atoms with Gasteiger partial charge in [0.15, 0.2) is 11.6 Å². The van der Waals surface area contributed by atoms with Crippen LogP contribution in [0.1, 0.15) is 25.7 Å². The Bertz CT molecular complexity index is 862. The van der Waals surface area contributed by atoms with Gasteiger partial charge in [-0.1, -0.05) is 12.1 Å². The van der Waals surface area contributed by atoms with Crippen LogP contribution in [0.4, 0.5) is 5.69 Å². The molecule has 114 valence electrons. The van der Waals surface area contributed by atoms with Crippen LogP contribution in [0.2, 0.25) is 0 Å². The average molecular weight is 303 g/mol. The topological polar surface area (TPSA) is 55.6 Å². The molecule has 1 aliphatic heterocycles. The van der Waals surface area contributed by atoms with Gasteiger partial charge in [0, 0.05) is 29.2 Å². The molecule has 1 fully saturated rings. The van der Waals surface area contributed by atoms with Gasteiger partial charge in [-0.25, -0.2) is 9.67 Å². The molecule has 3 aromatic rings. The van der Waals surface area contributed by atoms with E-state index in [1.807, 2.05) is 18.3 Å². The van der Waals surface area contributed by atoms with Gasteiger partial charge in [-0.2, -0.15) is 0 Å². The molecule has 0 amide bonds. The lowest BCUT2D eigenvalue weighted by Crippen LogP contribution is -2.42. The molecular formula is C18H17N5. The van der Waals surface area contributed by atoms with Crippen LogP contribution in [-0.2, 0) is 5.66 Å². The first kappa shape index (κ1) is 12.8. The minimum atomic E-state index is -0.128. The molecule has 1 aliphatic carbocycles. The highest BCUT2D eigenvalue weighted by molar-refractivity contribution is 5.77. The fraction of sp³-hybridized carbons (Fsp3) is 0.278. The first-order valence-corrected chi connectivity index (χ1v) is 8.11. The minimum Gasteiger partial charge on any atom is -0.361 e. The summed E-state index contributed by atoms with van der Waals surface area (Å²) in [6.07, 6.45) is 8.21. The molecule has 5 rings (SSSR count). The Labute approximate surface area is 134 Å². The van der Waals surface area contributed by atoms with Crippen molar-refractivity contribution in [3.05, 3.63) is 48.8 Å². The highest BCUT2D eigenvalue weighted by atomic mass is 15.5. The van der Waals surface area contributed by atoms with E-state index in [-0.39, 0.29) is 5.66 Å². The van der Waals surface area contributed by atoms with Crippen molar-refractivity contribution in [2.24, 2.45) is 0 Å². The maximum atomic E-state index is 4.86. The van der Waals surface area contributed by atoms with E-state index in [0.29, 0.717) is 0 Å². The van der Waals surface area contributed by atoms with E-state index >= 15 is 0 Å². The molecule has 0 unspecified atom stereocenters. The molecule has 1 N–H and O–H groups in total. The highest BCUT2D eigenvalue weighted by Gasteiger charge is 2.42. The molecule has 0 saturated heterocycles. The van der Waals surface area contributed by atoms with Gasteiger partial charge < -0.3 is 5.32 Å². The average Bonchev–Trinajstić information content (AvgIpc) is 3.24. The summed E-state index contributed by atoms with van der Waals surface area (Å²) in [4.78, 5) is 9.05. The second-order valence-corrected chi connectivity index (χ2v) is 6.32. The van der Waals surface area contributed by atoms with Crippen molar-refractivity contribution < 1.29 is 0 Å². The number of anilines is 1. The predicted molar refractivity (Wildman–Crippen MR) is 88.8 cm³/mol. The molecule has 3 heterocycles. The molecule has 2 aliphatic rings. The number of hydrogen-bond acceptors (Lipinski definition) is 4. The number of nitrogens with zero attached hydrogens (tertiary/aromatic N) is 4. The van der Waals surface area contributed by atoms with Crippen LogP contribution < -0.4 is 5.32 Å². The van der Waals surface area contributed by atoms with Gasteiger partial charge in [0.1, 0.15) is 5.66 Å². The Balaban J connectivity index is 1.74. The summed E-state index contributed by atoms with van der Waals surface area (Å²) in [7, 11) is 0. The van der Waals surface area contributed by atoms with Crippen LogP contribution in [0, 0.1) is 0 Å². The monoisotopic (exact) mass is 303 g/mol. The lowest BCUT2D eigenvalue weighted by atomic mass is 10.0. The molecular weight excluding hydrogens is 286 g/mol. The lowest BCUT2D eigenvalue weighted by Gasteiger charge is -2.37. The number of nitrogens with one attached hydrogen (secondary N) is 1. The van der Waals surface area contributed by atoms with Gasteiger partial charge >= 0.3 is 0 Å². The van der Waals surface area contributed by atoms with Crippen LogP contribution in [0.3, 0.4) is 0 Å². The Morgan fingerprint density at radius 2 is 1.91 bits per heavy atom. The zero-order valence-corrected chi connectivity index (χ0v) is 12.7. The summed E-state index contributed by atoms with van der Waals surface area (Å²) in [6, 6.07) is 12.3. The standard InChI is InChI=1S/C18H17N5/c1-2-8-15-14(7-1)17-20-16(13-6-5-11-19-12-13)22-23(17)18(21-15)9-3-4-10-18/h1-2,5-8,11-12,21H,3-4,9-10H2.